The SMILES string of the molecule is Cc1cc(C(CN)C(=O)O)cc(Br)c1C. The lowest BCUT2D eigenvalue weighted by Crippen LogP contribution is -2.21. The molecule has 1 rings (SSSR count). The Morgan fingerprint density at radius 1 is 1.53 bits per heavy atom. The second-order valence-electron chi connectivity index (χ2n) is 3.57. The molecule has 0 aliphatic carbocycles. The van der Waals surface area contributed by atoms with Crippen LogP contribution in [0.4, 0.5) is 0 Å². The number of benzene rings is 1. The highest BCUT2D eigenvalue weighted by molar-refractivity contribution is 9.10. The van der Waals surface area contributed by atoms with Gasteiger partial charge in [0.25, 0.3) is 0 Å². The van der Waals surface area contributed by atoms with Crippen molar-refractivity contribution in [1.82, 2.24) is 0 Å². The number of carboxylic acids is 1. The van der Waals surface area contributed by atoms with Crippen LogP contribution in [0.15, 0.2) is 16.6 Å². The first kappa shape index (κ1) is 12.2. The third-order valence-corrected chi connectivity index (χ3v) is 3.39. The number of hydrogen-bond donors (Lipinski definition) is 2. The molecular weight excluding hydrogens is 258 g/mol. The number of aliphatic carboxylic acids is 1. The number of carbonyl (C=O) groups is 1. The molecular formula is C11H14BrNO2. The number of hydrogen-bond acceptors (Lipinski definition) is 2. The Hall–Kier alpha value is -0.870. The summed E-state index contributed by atoms with van der Waals surface area (Å²) in [5, 5.41) is 8.98. The lowest BCUT2D eigenvalue weighted by Gasteiger charge is -2.13. The van der Waals surface area contributed by atoms with Crippen LogP contribution in [0, 0.1) is 13.8 Å². The second-order valence-corrected chi connectivity index (χ2v) is 4.43. The quantitative estimate of drug-likeness (QED) is 0.886. The smallest absolute Gasteiger partial charge is 0.312 e. The van der Waals surface area contributed by atoms with Crippen LogP contribution in [0.3, 0.4) is 0 Å². The van der Waals surface area contributed by atoms with E-state index in [1.807, 2.05) is 26.0 Å². The molecule has 1 aromatic rings. The first-order chi connectivity index (χ1) is 6.97. The minimum absolute atomic E-state index is 0.115. The van der Waals surface area contributed by atoms with Crippen LogP contribution in [0.2, 0.25) is 0 Å². The summed E-state index contributed by atoms with van der Waals surface area (Å²) in [6.07, 6.45) is 0. The fourth-order valence-corrected chi connectivity index (χ4v) is 2.00. The molecule has 0 spiro atoms. The maximum Gasteiger partial charge on any atom is 0.312 e. The first-order valence-corrected chi connectivity index (χ1v) is 5.46. The van der Waals surface area contributed by atoms with E-state index >= 15 is 0 Å². The number of carboxylic acid groups (broad SMARTS) is 1. The average molecular weight is 272 g/mol. The van der Waals surface area contributed by atoms with Gasteiger partial charge in [0.1, 0.15) is 0 Å². The predicted molar refractivity (Wildman–Crippen MR) is 63.0 cm³/mol. The first-order valence-electron chi connectivity index (χ1n) is 4.67. The summed E-state index contributed by atoms with van der Waals surface area (Å²) in [6, 6.07) is 3.71. The average Bonchev–Trinajstić information content (AvgIpc) is 2.14. The largest absolute Gasteiger partial charge is 0.481 e. The molecule has 4 heteroatoms. The van der Waals surface area contributed by atoms with Crippen molar-refractivity contribution in [3.05, 3.63) is 33.3 Å². The van der Waals surface area contributed by atoms with E-state index < -0.39 is 11.9 Å². The number of halogens is 1. The number of nitrogens with two attached hydrogens (primary N) is 1. The van der Waals surface area contributed by atoms with Gasteiger partial charge in [-0.05, 0) is 36.6 Å². The lowest BCUT2D eigenvalue weighted by atomic mass is 9.96. The van der Waals surface area contributed by atoms with Crippen molar-refractivity contribution < 1.29 is 9.90 Å². The molecule has 0 saturated carbocycles. The van der Waals surface area contributed by atoms with Gasteiger partial charge in [-0.1, -0.05) is 22.0 Å². The molecule has 0 amide bonds. The van der Waals surface area contributed by atoms with Crippen molar-refractivity contribution in [1.29, 1.82) is 0 Å². The van der Waals surface area contributed by atoms with Gasteiger partial charge in [0, 0.05) is 11.0 Å². The molecule has 82 valence electrons. The fraction of sp³-hybridized carbons (Fsp3) is 0.364. The zero-order valence-electron chi connectivity index (χ0n) is 8.75. The Kier molecular flexibility index (Phi) is 3.88. The van der Waals surface area contributed by atoms with E-state index in [0.717, 1.165) is 21.2 Å². The van der Waals surface area contributed by atoms with Crippen molar-refractivity contribution in [3.8, 4) is 0 Å². The molecule has 0 radical (unpaired) electrons. The van der Waals surface area contributed by atoms with E-state index in [4.69, 9.17) is 10.8 Å². The topological polar surface area (TPSA) is 63.3 Å². The van der Waals surface area contributed by atoms with E-state index in [9.17, 15) is 4.79 Å². The molecule has 0 saturated heterocycles. The van der Waals surface area contributed by atoms with Gasteiger partial charge in [0.2, 0.25) is 0 Å². The summed E-state index contributed by atoms with van der Waals surface area (Å²) in [4.78, 5) is 10.9. The number of aryl methyl sites for hydroxylation is 1. The fourth-order valence-electron chi connectivity index (χ4n) is 1.42. The zero-order chi connectivity index (χ0) is 11.6. The molecule has 0 bridgehead atoms. The molecule has 1 atom stereocenters. The zero-order valence-corrected chi connectivity index (χ0v) is 10.3. The molecule has 15 heavy (non-hydrogen) atoms. The Morgan fingerprint density at radius 2 is 2.13 bits per heavy atom. The van der Waals surface area contributed by atoms with Crippen LogP contribution >= 0.6 is 15.9 Å². The van der Waals surface area contributed by atoms with E-state index in [0.29, 0.717) is 0 Å². The summed E-state index contributed by atoms with van der Waals surface area (Å²) in [7, 11) is 0. The molecule has 1 aromatic carbocycles. The van der Waals surface area contributed by atoms with Crippen molar-refractivity contribution >= 4 is 21.9 Å². The van der Waals surface area contributed by atoms with Gasteiger partial charge in [-0.2, -0.15) is 0 Å². The van der Waals surface area contributed by atoms with E-state index in [1.165, 1.54) is 0 Å². The van der Waals surface area contributed by atoms with Crippen molar-refractivity contribution in [2.24, 2.45) is 5.73 Å². The minimum Gasteiger partial charge on any atom is -0.481 e. The Bertz CT molecular complexity index is 367. The van der Waals surface area contributed by atoms with Gasteiger partial charge in [-0.3, -0.25) is 4.79 Å². The Labute approximate surface area is 97.4 Å². The van der Waals surface area contributed by atoms with Crippen LogP contribution in [0.1, 0.15) is 22.6 Å². The highest BCUT2D eigenvalue weighted by Gasteiger charge is 2.19. The maximum absolute atomic E-state index is 10.9. The molecule has 0 fully saturated rings. The van der Waals surface area contributed by atoms with Crippen molar-refractivity contribution in [2.75, 3.05) is 6.54 Å². The van der Waals surface area contributed by atoms with Crippen LogP contribution in [0.5, 0.6) is 0 Å². The third kappa shape index (κ3) is 2.58. The van der Waals surface area contributed by atoms with Gasteiger partial charge in [0.05, 0.1) is 5.92 Å². The summed E-state index contributed by atoms with van der Waals surface area (Å²) < 4.78 is 0.928. The summed E-state index contributed by atoms with van der Waals surface area (Å²) >= 11 is 3.41. The Morgan fingerprint density at radius 3 is 2.53 bits per heavy atom. The van der Waals surface area contributed by atoms with E-state index in [-0.39, 0.29) is 6.54 Å². The number of rotatable bonds is 3. The van der Waals surface area contributed by atoms with Gasteiger partial charge in [0.15, 0.2) is 0 Å². The standard InChI is InChI=1S/C11H14BrNO2/c1-6-3-8(4-10(12)7(6)2)9(5-13)11(14)15/h3-4,9H,5,13H2,1-2H3,(H,14,15). The molecule has 3 N–H and O–H groups in total. The normalized spacial score (nSPS) is 12.5. The van der Waals surface area contributed by atoms with Crippen LogP contribution in [0.25, 0.3) is 0 Å². The Balaban J connectivity index is 3.20. The van der Waals surface area contributed by atoms with E-state index in [1.54, 1.807) is 0 Å². The van der Waals surface area contributed by atoms with Crippen molar-refractivity contribution in [2.45, 2.75) is 19.8 Å². The lowest BCUT2D eigenvalue weighted by molar-refractivity contribution is -0.138. The molecule has 1 unspecified atom stereocenters. The second kappa shape index (κ2) is 4.77. The van der Waals surface area contributed by atoms with Gasteiger partial charge in [-0.15, -0.1) is 0 Å². The summed E-state index contributed by atoms with van der Waals surface area (Å²) in [6.45, 7) is 4.06. The molecule has 0 aliphatic rings. The van der Waals surface area contributed by atoms with Crippen LogP contribution in [-0.4, -0.2) is 17.6 Å². The van der Waals surface area contributed by atoms with Crippen molar-refractivity contribution in [3.63, 3.8) is 0 Å². The summed E-state index contributed by atoms with van der Waals surface area (Å²) in [5.41, 5.74) is 8.39. The molecule has 3 nitrogen and oxygen atoms in total. The highest BCUT2D eigenvalue weighted by Crippen LogP contribution is 2.26. The highest BCUT2D eigenvalue weighted by atomic mass is 79.9. The van der Waals surface area contributed by atoms with Crippen LogP contribution < -0.4 is 5.73 Å². The predicted octanol–water partition coefficient (Wildman–Crippen LogP) is 2.19. The maximum atomic E-state index is 10.9. The van der Waals surface area contributed by atoms with Gasteiger partial charge >= 0.3 is 5.97 Å². The molecule has 0 aromatic heterocycles. The van der Waals surface area contributed by atoms with Gasteiger partial charge < -0.3 is 10.8 Å². The minimum atomic E-state index is -0.882. The molecule has 0 aliphatic heterocycles. The van der Waals surface area contributed by atoms with E-state index in [2.05, 4.69) is 15.9 Å². The summed E-state index contributed by atoms with van der Waals surface area (Å²) in [5.74, 6) is -1.51. The molecule has 0 heterocycles. The monoisotopic (exact) mass is 271 g/mol. The van der Waals surface area contributed by atoms with Crippen LogP contribution in [-0.2, 0) is 4.79 Å². The third-order valence-electron chi connectivity index (χ3n) is 2.56. The van der Waals surface area contributed by atoms with Gasteiger partial charge in [-0.25, -0.2) is 0 Å².